The Morgan fingerprint density at radius 2 is 2.07 bits per heavy atom. The summed E-state index contributed by atoms with van der Waals surface area (Å²) in [4.78, 5) is 4.20. The molecule has 0 radical (unpaired) electrons. The standard InChI is InChI=1S/C11H11FN2/c12-7-10(13)9-5-1-3-8-4-2-6-14-11(8)9/h1-6,10H,7,13H2/t10-/m1/s1. The van der Waals surface area contributed by atoms with Crippen molar-refractivity contribution >= 4 is 10.9 Å². The second-order valence-corrected chi connectivity index (χ2v) is 3.18. The monoisotopic (exact) mass is 190 g/mol. The Bertz CT molecular complexity index is 437. The zero-order chi connectivity index (χ0) is 9.97. The van der Waals surface area contributed by atoms with Gasteiger partial charge in [0.2, 0.25) is 0 Å². The third-order valence-electron chi connectivity index (χ3n) is 2.23. The van der Waals surface area contributed by atoms with Crippen LogP contribution in [0, 0.1) is 0 Å². The lowest BCUT2D eigenvalue weighted by molar-refractivity contribution is 0.438. The van der Waals surface area contributed by atoms with Gasteiger partial charge in [-0.25, -0.2) is 4.39 Å². The molecule has 0 aliphatic heterocycles. The van der Waals surface area contributed by atoms with Crippen LogP contribution in [-0.4, -0.2) is 11.7 Å². The lowest BCUT2D eigenvalue weighted by Crippen LogP contribution is -2.12. The summed E-state index contributed by atoms with van der Waals surface area (Å²) in [6.07, 6.45) is 1.69. The summed E-state index contributed by atoms with van der Waals surface area (Å²) in [5.41, 5.74) is 7.21. The van der Waals surface area contributed by atoms with E-state index < -0.39 is 12.7 Å². The van der Waals surface area contributed by atoms with E-state index in [0.29, 0.717) is 0 Å². The highest BCUT2D eigenvalue weighted by Crippen LogP contribution is 2.20. The van der Waals surface area contributed by atoms with E-state index in [2.05, 4.69) is 4.98 Å². The Kier molecular flexibility index (Phi) is 2.41. The first kappa shape index (κ1) is 9.09. The average Bonchev–Trinajstić information content (AvgIpc) is 2.27. The van der Waals surface area contributed by atoms with E-state index in [1.807, 2.05) is 30.3 Å². The third kappa shape index (κ3) is 1.46. The van der Waals surface area contributed by atoms with Crippen molar-refractivity contribution in [2.24, 2.45) is 5.73 Å². The lowest BCUT2D eigenvalue weighted by Gasteiger charge is -2.09. The van der Waals surface area contributed by atoms with Crippen molar-refractivity contribution < 1.29 is 4.39 Å². The minimum absolute atomic E-state index is 0.560. The first-order chi connectivity index (χ1) is 6.83. The van der Waals surface area contributed by atoms with Gasteiger partial charge in [-0.2, -0.15) is 0 Å². The summed E-state index contributed by atoms with van der Waals surface area (Å²) < 4.78 is 12.4. The Morgan fingerprint density at radius 3 is 2.86 bits per heavy atom. The molecule has 72 valence electrons. The number of nitrogens with zero attached hydrogens (tertiary/aromatic N) is 1. The molecule has 3 heteroatoms. The SMILES string of the molecule is N[C@H](CF)c1cccc2cccnc12. The van der Waals surface area contributed by atoms with Crippen molar-refractivity contribution in [2.45, 2.75) is 6.04 Å². The van der Waals surface area contributed by atoms with E-state index in [4.69, 9.17) is 5.73 Å². The number of alkyl halides is 1. The van der Waals surface area contributed by atoms with E-state index in [-0.39, 0.29) is 0 Å². The molecule has 1 atom stereocenters. The van der Waals surface area contributed by atoms with Gasteiger partial charge in [0.25, 0.3) is 0 Å². The molecule has 0 unspecified atom stereocenters. The number of halogens is 1. The largest absolute Gasteiger partial charge is 0.322 e. The summed E-state index contributed by atoms with van der Waals surface area (Å²) in [6, 6.07) is 8.85. The van der Waals surface area contributed by atoms with E-state index in [1.54, 1.807) is 6.20 Å². The molecule has 0 spiro atoms. The van der Waals surface area contributed by atoms with Crippen LogP contribution in [0.25, 0.3) is 10.9 Å². The molecule has 0 saturated carbocycles. The highest BCUT2D eigenvalue weighted by molar-refractivity contribution is 5.81. The highest BCUT2D eigenvalue weighted by Gasteiger charge is 2.09. The summed E-state index contributed by atoms with van der Waals surface area (Å²) >= 11 is 0. The van der Waals surface area contributed by atoms with Crippen LogP contribution in [0.2, 0.25) is 0 Å². The lowest BCUT2D eigenvalue weighted by atomic mass is 10.0. The average molecular weight is 190 g/mol. The van der Waals surface area contributed by atoms with Gasteiger partial charge in [0.1, 0.15) is 6.67 Å². The molecular weight excluding hydrogens is 179 g/mol. The molecular formula is C11H11FN2. The van der Waals surface area contributed by atoms with Crippen LogP contribution in [0.1, 0.15) is 11.6 Å². The molecule has 0 saturated heterocycles. The van der Waals surface area contributed by atoms with E-state index in [0.717, 1.165) is 16.5 Å². The zero-order valence-corrected chi connectivity index (χ0v) is 7.65. The maximum absolute atomic E-state index is 12.4. The van der Waals surface area contributed by atoms with Crippen molar-refractivity contribution in [1.29, 1.82) is 0 Å². The topological polar surface area (TPSA) is 38.9 Å². The predicted octanol–water partition coefficient (Wildman–Crippen LogP) is 2.20. The Morgan fingerprint density at radius 1 is 1.29 bits per heavy atom. The quantitative estimate of drug-likeness (QED) is 0.788. The first-order valence-corrected chi connectivity index (χ1v) is 4.48. The van der Waals surface area contributed by atoms with Crippen molar-refractivity contribution in [1.82, 2.24) is 4.98 Å². The molecule has 1 aromatic heterocycles. The van der Waals surface area contributed by atoms with Gasteiger partial charge in [-0.3, -0.25) is 4.98 Å². The fourth-order valence-electron chi connectivity index (χ4n) is 1.51. The second kappa shape index (κ2) is 3.72. The van der Waals surface area contributed by atoms with Crippen LogP contribution < -0.4 is 5.73 Å². The molecule has 1 heterocycles. The Balaban J connectivity index is 2.65. The summed E-state index contributed by atoms with van der Waals surface area (Å²) in [7, 11) is 0. The molecule has 2 rings (SSSR count). The maximum atomic E-state index is 12.4. The molecule has 0 amide bonds. The molecule has 2 N–H and O–H groups in total. The molecule has 2 nitrogen and oxygen atoms in total. The number of fused-ring (bicyclic) bond motifs is 1. The van der Waals surface area contributed by atoms with Crippen molar-refractivity contribution in [2.75, 3.05) is 6.67 Å². The smallest absolute Gasteiger partial charge is 0.109 e. The predicted molar refractivity (Wildman–Crippen MR) is 54.6 cm³/mol. The normalized spacial score (nSPS) is 13.0. The number of para-hydroxylation sites is 1. The van der Waals surface area contributed by atoms with Gasteiger partial charge in [0.15, 0.2) is 0 Å². The number of pyridine rings is 1. The molecule has 14 heavy (non-hydrogen) atoms. The number of benzene rings is 1. The summed E-state index contributed by atoms with van der Waals surface area (Å²) in [5.74, 6) is 0. The van der Waals surface area contributed by atoms with Crippen LogP contribution in [0.3, 0.4) is 0 Å². The van der Waals surface area contributed by atoms with Crippen LogP contribution in [0.4, 0.5) is 4.39 Å². The fourth-order valence-corrected chi connectivity index (χ4v) is 1.51. The molecule has 0 aliphatic rings. The third-order valence-corrected chi connectivity index (χ3v) is 2.23. The van der Waals surface area contributed by atoms with Gasteiger partial charge in [0, 0.05) is 11.6 Å². The zero-order valence-electron chi connectivity index (χ0n) is 7.65. The number of hydrogen-bond donors (Lipinski definition) is 1. The van der Waals surface area contributed by atoms with E-state index in [1.165, 1.54) is 0 Å². The van der Waals surface area contributed by atoms with E-state index in [9.17, 15) is 4.39 Å². The highest BCUT2D eigenvalue weighted by atomic mass is 19.1. The van der Waals surface area contributed by atoms with Crippen molar-refractivity contribution in [3.63, 3.8) is 0 Å². The Labute approximate surface area is 81.6 Å². The van der Waals surface area contributed by atoms with E-state index >= 15 is 0 Å². The van der Waals surface area contributed by atoms with Crippen LogP contribution in [0.15, 0.2) is 36.5 Å². The number of rotatable bonds is 2. The minimum Gasteiger partial charge on any atom is -0.322 e. The van der Waals surface area contributed by atoms with Gasteiger partial charge >= 0.3 is 0 Å². The molecule has 1 aromatic carbocycles. The van der Waals surface area contributed by atoms with Crippen LogP contribution in [-0.2, 0) is 0 Å². The summed E-state index contributed by atoms with van der Waals surface area (Å²) in [6.45, 7) is -0.560. The number of hydrogen-bond acceptors (Lipinski definition) is 2. The van der Waals surface area contributed by atoms with Crippen LogP contribution in [0.5, 0.6) is 0 Å². The first-order valence-electron chi connectivity index (χ1n) is 4.48. The second-order valence-electron chi connectivity index (χ2n) is 3.18. The van der Waals surface area contributed by atoms with Crippen molar-refractivity contribution in [3.05, 3.63) is 42.1 Å². The summed E-state index contributed by atoms with van der Waals surface area (Å²) in [5, 5.41) is 0.994. The molecule has 0 aliphatic carbocycles. The molecule has 2 aromatic rings. The fraction of sp³-hybridized carbons (Fsp3) is 0.182. The van der Waals surface area contributed by atoms with Gasteiger partial charge in [-0.05, 0) is 11.6 Å². The Hall–Kier alpha value is -1.48. The van der Waals surface area contributed by atoms with Gasteiger partial charge in [-0.15, -0.1) is 0 Å². The minimum atomic E-state index is -0.575. The van der Waals surface area contributed by atoms with Gasteiger partial charge in [-0.1, -0.05) is 24.3 Å². The van der Waals surface area contributed by atoms with Crippen molar-refractivity contribution in [3.8, 4) is 0 Å². The van der Waals surface area contributed by atoms with Gasteiger partial charge in [0.05, 0.1) is 11.6 Å². The maximum Gasteiger partial charge on any atom is 0.109 e. The van der Waals surface area contributed by atoms with Gasteiger partial charge < -0.3 is 5.73 Å². The molecule has 0 bridgehead atoms. The molecule has 0 fully saturated rings. The van der Waals surface area contributed by atoms with Crippen LogP contribution >= 0.6 is 0 Å². The number of aromatic nitrogens is 1. The number of nitrogens with two attached hydrogens (primary N) is 1.